The normalized spacial score (nSPS) is 22.4. The van der Waals surface area contributed by atoms with Gasteiger partial charge in [-0.3, -0.25) is 4.79 Å². The van der Waals surface area contributed by atoms with Gasteiger partial charge in [-0.15, -0.1) is 23.7 Å². The van der Waals surface area contributed by atoms with E-state index >= 15 is 0 Å². The minimum absolute atomic E-state index is 0. The summed E-state index contributed by atoms with van der Waals surface area (Å²) >= 11 is 1.63. The number of thiazole rings is 1. The molecule has 0 bridgehead atoms. The maximum atomic E-state index is 12.1. The minimum Gasteiger partial charge on any atom is -0.349 e. The first-order chi connectivity index (χ1) is 9.06. The van der Waals surface area contributed by atoms with Crippen LogP contribution in [0, 0.1) is 5.92 Å². The maximum absolute atomic E-state index is 12.1. The van der Waals surface area contributed by atoms with Gasteiger partial charge in [-0.25, -0.2) is 4.98 Å². The van der Waals surface area contributed by atoms with Gasteiger partial charge in [0.1, 0.15) is 5.01 Å². The van der Waals surface area contributed by atoms with Crippen molar-refractivity contribution in [3.8, 4) is 0 Å². The summed E-state index contributed by atoms with van der Waals surface area (Å²) in [6.07, 6.45) is 1.87. The van der Waals surface area contributed by atoms with Crippen molar-refractivity contribution in [1.29, 1.82) is 0 Å². The number of nitrogens with zero attached hydrogens (tertiary/aromatic N) is 1. The van der Waals surface area contributed by atoms with E-state index in [0.717, 1.165) is 30.1 Å². The van der Waals surface area contributed by atoms with Gasteiger partial charge in [-0.1, -0.05) is 13.8 Å². The van der Waals surface area contributed by atoms with Crippen molar-refractivity contribution >= 4 is 29.7 Å². The summed E-state index contributed by atoms with van der Waals surface area (Å²) in [7, 11) is 0. The van der Waals surface area contributed by atoms with Gasteiger partial charge in [-0.2, -0.15) is 0 Å². The Morgan fingerprint density at radius 3 is 2.95 bits per heavy atom. The highest BCUT2D eigenvalue weighted by Gasteiger charge is 2.24. The lowest BCUT2D eigenvalue weighted by Crippen LogP contribution is -2.42. The first-order valence-corrected chi connectivity index (χ1v) is 7.89. The molecule has 1 aliphatic heterocycles. The van der Waals surface area contributed by atoms with E-state index in [1.54, 1.807) is 11.3 Å². The van der Waals surface area contributed by atoms with Gasteiger partial charge in [0.05, 0.1) is 12.2 Å². The molecule has 2 rings (SSSR count). The molecule has 2 N–H and O–H groups in total. The van der Waals surface area contributed by atoms with Crippen LogP contribution in [-0.2, 0) is 11.3 Å². The Labute approximate surface area is 131 Å². The number of rotatable bonds is 4. The number of nitrogens with one attached hydrogen (secondary N) is 2. The molecule has 1 fully saturated rings. The second-order valence-corrected chi connectivity index (χ2v) is 6.56. The number of halogens is 1. The number of aromatic nitrogens is 1. The summed E-state index contributed by atoms with van der Waals surface area (Å²) in [6, 6.07) is 0.442. The molecule has 0 radical (unpaired) electrons. The zero-order valence-electron chi connectivity index (χ0n) is 12.3. The number of carbonyl (C=O) groups excluding carboxylic acids is 1. The van der Waals surface area contributed by atoms with E-state index in [-0.39, 0.29) is 24.2 Å². The van der Waals surface area contributed by atoms with Crippen molar-refractivity contribution in [3.63, 3.8) is 0 Å². The van der Waals surface area contributed by atoms with Crippen molar-refractivity contribution in [2.45, 2.75) is 52.1 Å². The standard InChI is InChI=1S/C14H23N3OS.ClH/c1-9(2)12-8-19-13(17-12)7-16-14(18)11-4-5-15-10(3)6-11;/h8-11,15H,4-7H2,1-3H3,(H,16,18);1H/t10-,11-;/m0./s1. The largest absolute Gasteiger partial charge is 0.349 e. The molecule has 1 amide bonds. The van der Waals surface area contributed by atoms with Crippen LogP contribution in [0.15, 0.2) is 5.38 Å². The molecule has 1 saturated heterocycles. The quantitative estimate of drug-likeness (QED) is 0.897. The molecule has 0 aromatic carbocycles. The van der Waals surface area contributed by atoms with Crippen LogP contribution < -0.4 is 10.6 Å². The molecule has 1 aromatic rings. The predicted molar refractivity (Wildman–Crippen MR) is 85.5 cm³/mol. The monoisotopic (exact) mass is 317 g/mol. The molecule has 0 saturated carbocycles. The van der Waals surface area contributed by atoms with Crippen molar-refractivity contribution in [1.82, 2.24) is 15.6 Å². The van der Waals surface area contributed by atoms with Crippen molar-refractivity contribution < 1.29 is 4.79 Å². The van der Waals surface area contributed by atoms with Crippen LogP contribution in [0.1, 0.15) is 50.2 Å². The smallest absolute Gasteiger partial charge is 0.223 e. The number of piperidine rings is 1. The highest BCUT2D eigenvalue weighted by molar-refractivity contribution is 7.09. The van der Waals surface area contributed by atoms with E-state index < -0.39 is 0 Å². The SMILES string of the molecule is CC(C)c1csc(CNC(=O)[C@H]2CCN[C@@H](C)C2)n1.Cl. The summed E-state index contributed by atoms with van der Waals surface area (Å²) < 4.78 is 0. The van der Waals surface area contributed by atoms with Gasteiger partial charge in [0, 0.05) is 17.3 Å². The molecule has 0 spiro atoms. The van der Waals surface area contributed by atoms with Crippen LogP contribution >= 0.6 is 23.7 Å². The summed E-state index contributed by atoms with van der Waals surface area (Å²) in [6.45, 7) is 7.90. The molecule has 114 valence electrons. The van der Waals surface area contributed by atoms with Crippen LogP contribution in [0.2, 0.25) is 0 Å². The van der Waals surface area contributed by atoms with Crippen LogP contribution in [0.3, 0.4) is 0 Å². The highest BCUT2D eigenvalue weighted by atomic mass is 35.5. The fourth-order valence-corrected chi connectivity index (χ4v) is 3.24. The van der Waals surface area contributed by atoms with Crippen LogP contribution in [0.5, 0.6) is 0 Å². The molecule has 0 unspecified atom stereocenters. The van der Waals surface area contributed by atoms with Gasteiger partial charge in [0.25, 0.3) is 0 Å². The molecule has 6 heteroatoms. The number of hydrogen-bond donors (Lipinski definition) is 2. The summed E-state index contributed by atoms with van der Waals surface area (Å²) in [5.41, 5.74) is 1.12. The fraction of sp³-hybridized carbons (Fsp3) is 0.714. The van der Waals surface area contributed by atoms with E-state index in [2.05, 4.69) is 41.8 Å². The fourth-order valence-electron chi connectivity index (χ4n) is 2.35. The average molecular weight is 318 g/mol. The lowest BCUT2D eigenvalue weighted by molar-refractivity contribution is -0.126. The van der Waals surface area contributed by atoms with Crippen LogP contribution in [-0.4, -0.2) is 23.5 Å². The van der Waals surface area contributed by atoms with Crippen LogP contribution in [0.4, 0.5) is 0 Å². The summed E-state index contributed by atoms with van der Waals surface area (Å²) in [5.74, 6) is 0.779. The molecular weight excluding hydrogens is 294 g/mol. The second kappa shape index (κ2) is 7.96. The minimum atomic E-state index is 0. The van der Waals surface area contributed by atoms with Gasteiger partial charge in [0.15, 0.2) is 0 Å². The van der Waals surface area contributed by atoms with Crippen molar-refractivity contribution in [2.24, 2.45) is 5.92 Å². The second-order valence-electron chi connectivity index (χ2n) is 5.62. The molecule has 1 aromatic heterocycles. The molecule has 2 atom stereocenters. The van der Waals surface area contributed by atoms with E-state index in [1.165, 1.54) is 0 Å². The topological polar surface area (TPSA) is 54.0 Å². The first-order valence-electron chi connectivity index (χ1n) is 7.01. The van der Waals surface area contributed by atoms with E-state index in [4.69, 9.17) is 0 Å². The van der Waals surface area contributed by atoms with Crippen molar-refractivity contribution in [3.05, 3.63) is 16.1 Å². The molecule has 1 aliphatic rings. The average Bonchev–Trinajstić information content (AvgIpc) is 2.85. The lowest BCUT2D eigenvalue weighted by atomic mass is 9.92. The third kappa shape index (κ3) is 4.72. The molecular formula is C14H24ClN3OS. The van der Waals surface area contributed by atoms with Gasteiger partial charge in [-0.05, 0) is 32.2 Å². The number of amides is 1. The van der Waals surface area contributed by atoms with Gasteiger partial charge >= 0.3 is 0 Å². The Bertz CT molecular complexity index is 436. The summed E-state index contributed by atoms with van der Waals surface area (Å²) in [5, 5.41) is 9.47. The summed E-state index contributed by atoms with van der Waals surface area (Å²) in [4.78, 5) is 16.6. The Morgan fingerprint density at radius 1 is 1.60 bits per heavy atom. The molecule has 20 heavy (non-hydrogen) atoms. The zero-order valence-corrected chi connectivity index (χ0v) is 13.9. The molecule has 2 heterocycles. The number of carbonyl (C=O) groups is 1. The van der Waals surface area contributed by atoms with E-state index in [9.17, 15) is 4.79 Å². The molecule has 0 aliphatic carbocycles. The maximum Gasteiger partial charge on any atom is 0.223 e. The highest BCUT2D eigenvalue weighted by Crippen LogP contribution is 2.19. The third-order valence-corrected chi connectivity index (χ3v) is 4.44. The van der Waals surface area contributed by atoms with E-state index in [1.807, 2.05) is 0 Å². The lowest BCUT2D eigenvalue weighted by Gasteiger charge is -2.26. The number of hydrogen-bond acceptors (Lipinski definition) is 4. The molecule has 4 nitrogen and oxygen atoms in total. The Hall–Kier alpha value is -0.650. The van der Waals surface area contributed by atoms with Crippen molar-refractivity contribution in [2.75, 3.05) is 6.54 Å². The zero-order chi connectivity index (χ0) is 13.8. The Balaban J connectivity index is 0.00000200. The Morgan fingerprint density at radius 2 is 2.35 bits per heavy atom. The van der Waals surface area contributed by atoms with Gasteiger partial charge < -0.3 is 10.6 Å². The third-order valence-electron chi connectivity index (χ3n) is 3.57. The van der Waals surface area contributed by atoms with E-state index in [0.29, 0.717) is 18.5 Å². The first kappa shape index (κ1) is 17.4. The predicted octanol–water partition coefficient (Wildman–Crippen LogP) is 2.69. The van der Waals surface area contributed by atoms with Crippen LogP contribution in [0.25, 0.3) is 0 Å². The Kier molecular flexibility index (Phi) is 6.92. The van der Waals surface area contributed by atoms with Gasteiger partial charge in [0.2, 0.25) is 5.91 Å².